The molecule has 4 unspecified atom stereocenters. The lowest BCUT2D eigenvalue weighted by molar-refractivity contribution is -0.386. The van der Waals surface area contributed by atoms with Crippen LogP contribution < -0.4 is 5.73 Å². The number of aliphatic imine (C=N–C) groups is 1. The summed E-state index contributed by atoms with van der Waals surface area (Å²) in [5.74, 6) is -0.0154. The summed E-state index contributed by atoms with van der Waals surface area (Å²) in [4.78, 5) is 52.8. The minimum Gasteiger partial charge on any atom is -0.390 e. The van der Waals surface area contributed by atoms with Gasteiger partial charge in [-0.25, -0.2) is 18.7 Å². The van der Waals surface area contributed by atoms with E-state index < -0.39 is 59.5 Å². The van der Waals surface area contributed by atoms with Crippen LogP contribution in [-0.2, 0) is 36.3 Å². The lowest BCUT2D eigenvalue weighted by atomic mass is 9.97. The Bertz CT molecular complexity index is 1430. The molecular weight excluding hydrogens is 641 g/mol. The summed E-state index contributed by atoms with van der Waals surface area (Å²) in [6.07, 6.45) is -2.84. The van der Waals surface area contributed by atoms with Crippen molar-refractivity contribution in [3.63, 3.8) is 0 Å². The SMILES string of the molecule is C=C1N=C(N)C(COC(c2ccccc2[N+](=O)[O-])C(C)C)=CN1[C@H]1CC(O)[C@@H](COP(=O)(O)OP(=O)(O)OP(=O)(O)O)O1. The number of ether oxygens (including phenoxy) is 2. The summed E-state index contributed by atoms with van der Waals surface area (Å²) >= 11 is 0. The standard InChI is InChI=1S/C21H31N4O15P3/c1-12(2)20(15-6-4-5-7-16(15)25(27)28)36-10-14-9-24(13(3)23-21(14)22)19-8-17(26)18(38-19)11-37-42(32,33)40-43(34,35)39-41(29,30)31/h4-7,9,12,17-20,26H,3,8,10-11H2,1-2H3,(H2,22,23)(H,32,33)(H,34,35)(H2,29,30,31)/t17?,18-,19-,20?/m1/s1. The molecule has 19 nitrogen and oxygen atoms in total. The predicted octanol–water partition coefficient (Wildman–Crippen LogP) is 2.16. The zero-order valence-corrected chi connectivity index (χ0v) is 25.4. The fraction of sp³-hybridized carbons (Fsp3) is 0.476. The molecule has 22 heteroatoms. The lowest BCUT2D eigenvalue weighted by Crippen LogP contribution is -2.36. The maximum absolute atomic E-state index is 12.0. The van der Waals surface area contributed by atoms with Crippen molar-refractivity contribution in [3.8, 4) is 0 Å². The van der Waals surface area contributed by atoms with Crippen LogP contribution in [0.1, 0.15) is 31.9 Å². The van der Waals surface area contributed by atoms with Crippen LogP contribution in [0.15, 0.2) is 53.4 Å². The molecule has 1 saturated heterocycles. The number of aliphatic hydroxyl groups excluding tert-OH is 1. The topological polar surface area (TPSA) is 283 Å². The number of para-hydroxylation sites is 1. The molecule has 0 amide bonds. The van der Waals surface area contributed by atoms with Gasteiger partial charge in [0.1, 0.15) is 24.0 Å². The van der Waals surface area contributed by atoms with Crippen LogP contribution in [0.2, 0.25) is 0 Å². The van der Waals surface area contributed by atoms with E-state index in [0.29, 0.717) is 11.1 Å². The number of phosphoric ester groups is 1. The number of hydrogen-bond acceptors (Lipinski definition) is 14. The number of rotatable bonds is 14. The van der Waals surface area contributed by atoms with Crippen molar-refractivity contribution in [2.45, 2.75) is 44.8 Å². The van der Waals surface area contributed by atoms with Gasteiger partial charge in [0, 0.05) is 24.3 Å². The molecule has 2 heterocycles. The van der Waals surface area contributed by atoms with Crippen LogP contribution in [0.4, 0.5) is 5.69 Å². The summed E-state index contributed by atoms with van der Waals surface area (Å²) in [6, 6.07) is 6.17. The predicted molar refractivity (Wildman–Crippen MR) is 146 cm³/mol. The van der Waals surface area contributed by atoms with E-state index in [0.717, 1.165) is 0 Å². The first-order chi connectivity index (χ1) is 19.8. The van der Waals surface area contributed by atoms with Crippen LogP contribution in [0.5, 0.6) is 0 Å². The number of phosphoric acid groups is 3. The van der Waals surface area contributed by atoms with Crippen LogP contribution in [0.3, 0.4) is 0 Å². The summed E-state index contributed by atoms with van der Waals surface area (Å²) in [7, 11) is -16.7. The largest absolute Gasteiger partial charge is 0.490 e. The average molecular weight is 672 g/mol. The van der Waals surface area contributed by atoms with Crippen molar-refractivity contribution < 1.29 is 65.9 Å². The van der Waals surface area contributed by atoms with Gasteiger partial charge in [0.15, 0.2) is 0 Å². The molecule has 0 aromatic heterocycles. The Labute approximate surface area is 244 Å². The fourth-order valence-electron chi connectivity index (χ4n) is 4.16. The lowest BCUT2D eigenvalue weighted by Gasteiger charge is -2.31. The van der Waals surface area contributed by atoms with Gasteiger partial charge in [-0.05, 0) is 12.0 Å². The van der Waals surface area contributed by atoms with Crippen LogP contribution in [-0.4, -0.2) is 72.0 Å². The van der Waals surface area contributed by atoms with Crippen molar-refractivity contribution in [2.24, 2.45) is 16.6 Å². The minimum atomic E-state index is -5.72. The van der Waals surface area contributed by atoms with E-state index in [1.54, 1.807) is 18.2 Å². The van der Waals surface area contributed by atoms with Crippen LogP contribution >= 0.6 is 23.5 Å². The number of aliphatic hydroxyl groups is 1. The Morgan fingerprint density at radius 2 is 1.84 bits per heavy atom. The molecule has 0 bridgehead atoms. The van der Waals surface area contributed by atoms with Crippen molar-refractivity contribution in [1.82, 2.24) is 4.90 Å². The number of hydrogen-bond donors (Lipinski definition) is 6. The number of nitro groups is 1. The van der Waals surface area contributed by atoms with E-state index in [4.69, 9.17) is 25.0 Å². The van der Waals surface area contributed by atoms with Crippen molar-refractivity contribution >= 4 is 35.0 Å². The number of nitrogens with zero attached hydrogens (tertiary/aromatic N) is 3. The Morgan fingerprint density at radius 3 is 2.44 bits per heavy atom. The van der Waals surface area contributed by atoms with Gasteiger partial charge in [0.2, 0.25) is 0 Å². The minimum absolute atomic E-state index is 0.0501. The van der Waals surface area contributed by atoms with E-state index in [-0.39, 0.29) is 36.3 Å². The second-order valence-corrected chi connectivity index (χ2v) is 14.0. The summed E-state index contributed by atoms with van der Waals surface area (Å²) in [5, 5.41) is 22.0. The van der Waals surface area contributed by atoms with E-state index >= 15 is 0 Å². The van der Waals surface area contributed by atoms with E-state index in [2.05, 4.69) is 24.7 Å². The Kier molecular flexibility index (Phi) is 11.2. The molecular formula is C21H31N4O15P3. The summed E-state index contributed by atoms with van der Waals surface area (Å²) in [5.41, 5.74) is 6.69. The molecule has 1 fully saturated rings. The molecule has 1 aromatic rings. The highest BCUT2D eigenvalue weighted by Crippen LogP contribution is 2.66. The molecule has 2 aliphatic rings. The third-order valence-electron chi connectivity index (χ3n) is 5.97. The highest BCUT2D eigenvalue weighted by Gasteiger charge is 2.43. The quantitative estimate of drug-likeness (QED) is 0.0937. The fourth-order valence-corrected chi connectivity index (χ4v) is 7.19. The normalized spacial score (nSPS) is 24.7. The molecule has 0 aliphatic carbocycles. The maximum Gasteiger partial charge on any atom is 0.490 e. The van der Waals surface area contributed by atoms with E-state index in [9.17, 15) is 38.7 Å². The van der Waals surface area contributed by atoms with Crippen LogP contribution in [0, 0.1) is 16.0 Å². The average Bonchev–Trinajstić information content (AvgIpc) is 3.22. The second-order valence-electron chi connectivity index (χ2n) is 9.59. The molecule has 6 atom stereocenters. The number of amidine groups is 1. The smallest absolute Gasteiger partial charge is 0.390 e. The van der Waals surface area contributed by atoms with Gasteiger partial charge in [-0.3, -0.25) is 14.6 Å². The molecule has 0 spiro atoms. The van der Waals surface area contributed by atoms with Crippen molar-refractivity contribution in [1.29, 1.82) is 0 Å². The van der Waals surface area contributed by atoms with E-state index in [1.165, 1.54) is 17.2 Å². The van der Waals surface area contributed by atoms with Gasteiger partial charge in [-0.2, -0.15) is 8.62 Å². The molecule has 0 radical (unpaired) electrons. The number of benzene rings is 1. The Morgan fingerprint density at radius 1 is 1.19 bits per heavy atom. The highest BCUT2D eigenvalue weighted by molar-refractivity contribution is 7.66. The van der Waals surface area contributed by atoms with E-state index in [1.807, 2.05) is 13.8 Å². The van der Waals surface area contributed by atoms with Gasteiger partial charge in [-0.1, -0.05) is 32.6 Å². The van der Waals surface area contributed by atoms with Gasteiger partial charge in [0.05, 0.1) is 35.9 Å². The molecule has 7 N–H and O–H groups in total. The molecule has 2 aliphatic heterocycles. The molecule has 3 rings (SSSR count). The summed E-state index contributed by atoms with van der Waals surface area (Å²) < 4.78 is 57.9. The first kappa shape index (κ1) is 35.1. The highest BCUT2D eigenvalue weighted by atomic mass is 31.3. The zero-order chi connectivity index (χ0) is 32.3. The van der Waals surface area contributed by atoms with Crippen molar-refractivity contribution in [3.05, 3.63) is 64.1 Å². The zero-order valence-electron chi connectivity index (χ0n) is 22.7. The van der Waals surface area contributed by atoms with Gasteiger partial charge >= 0.3 is 23.5 Å². The van der Waals surface area contributed by atoms with Gasteiger partial charge < -0.3 is 44.8 Å². The molecule has 0 saturated carbocycles. The summed E-state index contributed by atoms with van der Waals surface area (Å²) in [6.45, 7) is 6.47. The van der Waals surface area contributed by atoms with Crippen molar-refractivity contribution in [2.75, 3.05) is 13.2 Å². The monoisotopic (exact) mass is 672 g/mol. The number of nitro benzene ring substituents is 1. The first-order valence-corrected chi connectivity index (χ1v) is 16.8. The van der Waals surface area contributed by atoms with Gasteiger partial charge in [-0.15, -0.1) is 0 Å². The molecule has 43 heavy (non-hydrogen) atoms. The number of nitrogens with two attached hydrogens (primary N) is 1. The Hall–Kier alpha value is -2.34. The van der Waals surface area contributed by atoms with Crippen LogP contribution in [0.25, 0.3) is 0 Å². The van der Waals surface area contributed by atoms with Gasteiger partial charge in [0.25, 0.3) is 5.69 Å². The molecule has 1 aromatic carbocycles. The first-order valence-electron chi connectivity index (χ1n) is 12.3. The second kappa shape index (κ2) is 13.7. The third kappa shape index (κ3) is 9.83. The third-order valence-corrected chi connectivity index (χ3v) is 9.77. The Balaban J connectivity index is 1.68. The molecule has 240 valence electrons. The maximum atomic E-state index is 12.0.